The van der Waals surface area contributed by atoms with Crippen molar-refractivity contribution in [3.63, 3.8) is 0 Å². The van der Waals surface area contributed by atoms with Crippen LogP contribution in [-0.4, -0.2) is 75.2 Å². The van der Waals surface area contributed by atoms with Crippen LogP contribution in [0.2, 0.25) is 0 Å². The SMILES string of the molecule is COCCNC(=NCC(=O)N(C)C)NCC(C)(C)SC.I. The van der Waals surface area contributed by atoms with Crippen molar-refractivity contribution in [2.75, 3.05) is 53.7 Å². The zero-order valence-corrected chi connectivity index (χ0v) is 17.0. The van der Waals surface area contributed by atoms with E-state index < -0.39 is 0 Å². The summed E-state index contributed by atoms with van der Waals surface area (Å²) in [6, 6.07) is 0. The van der Waals surface area contributed by atoms with Crippen LogP contribution in [-0.2, 0) is 9.53 Å². The second kappa shape index (κ2) is 12.3. The molecule has 8 heteroatoms. The van der Waals surface area contributed by atoms with Crippen molar-refractivity contribution in [3.05, 3.63) is 0 Å². The molecule has 0 spiro atoms. The van der Waals surface area contributed by atoms with Gasteiger partial charge in [-0.25, -0.2) is 4.99 Å². The number of methoxy groups -OCH3 is 1. The molecule has 0 radical (unpaired) electrons. The average molecular weight is 432 g/mol. The summed E-state index contributed by atoms with van der Waals surface area (Å²) >= 11 is 1.78. The monoisotopic (exact) mass is 432 g/mol. The Balaban J connectivity index is 0. The van der Waals surface area contributed by atoms with Crippen molar-refractivity contribution < 1.29 is 9.53 Å². The Hall–Kier alpha value is -0.220. The van der Waals surface area contributed by atoms with E-state index in [4.69, 9.17) is 4.74 Å². The van der Waals surface area contributed by atoms with E-state index in [0.717, 1.165) is 6.54 Å². The third-order valence-electron chi connectivity index (χ3n) is 2.70. The molecule has 0 atom stereocenters. The van der Waals surface area contributed by atoms with Crippen LogP contribution in [0.25, 0.3) is 0 Å². The Labute approximate surface area is 149 Å². The van der Waals surface area contributed by atoms with Crippen LogP contribution in [0.5, 0.6) is 0 Å². The van der Waals surface area contributed by atoms with Crippen molar-refractivity contribution in [1.29, 1.82) is 0 Å². The fraction of sp³-hybridized carbons (Fsp3) is 0.846. The van der Waals surface area contributed by atoms with Gasteiger partial charge in [0.1, 0.15) is 6.54 Å². The number of nitrogens with zero attached hydrogens (tertiary/aromatic N) is 2. The Morgan fingerprint density at radius 2 is 1.95 bits per heavy atom. The molecule has 21 heavy (non-hydrogen) atoms. The van der Waals surface area contributed by atoms with Crippen LogP contribution < -0.4 is 10.6 Å². The van der Waals surface area contributed by atoms with Crippen LogP contribution in [0.4, 0.5) is 0 Å². The summed E-state index contributed by atoms with van der Waals surface area (Å²) in [5.74, 6) is 0.612. The lowest BCUT2D eigenvalue weighted by Crippen LogP contribution is -2.44. The van der Waals surface area contributed by atoms with Crippen LogP contribution in [0.15, 0.2) is 4.99 Å². The molecular formula is C13H29IN4O2S. The smallest absolute Gasteiger partial charge is 0.243 e. The fourth-order valence-electron chi connectivity index (χ4n) is 1.10. The summed E-state index contributed by atoms with van der Waals surface area (Å²) < 4.78 is 5.10. The molecule has 0 unspecified atom stereocenters. The average Bonchev–Trinajstić information content (AvgIpc) is 2.40. The summed E-state index contributed by atoms with van der Waals surface area (Å²) in [6.45, 7) is 6.45. The molecule has 0 heterocycles. The van der Waals surface area contributed by atoms with Crippen molar-refractivity contribution in [2.24, 2.45) is 4.99 Å². The number of hydrogen-bond acceptors (Lipinski definition) is 4. The number of aliphatic imine (C=N–C) groups is 1. The number of thioether (sulfide) groups is 1. The standard InChI is InChI=1S/C13H28N4O2S.HI/c1-13(2,20-6)10-16-12(14-7-8-19-5)15-9-11(18)17(3)4;/h7-10H2,1-6H3,(H2,14,15,16);1H. The lowest BCUT2D eigenvalue weighted by molar-refractivity contribution is -0.127. The van der Waals surface area contributed by atoms with Gasteiger partial charge in [-0.15, -0.1) is 24.0 Å². The summed E-state index contributed by atoms with van der Waals surface area (Å²) in [7, 11) is 5.10. The van der Waals surface area contributed by atoms with Crippen molar-refractivity contribution in [2.45, 2.75) is 18.6 Å². The van der Waals surface area contributed by atoms with Gasteiger partial charge in [-0.1, -0.05) is 0 Å². The van der Waals surface area contributed by atoms with E-state index in [2.05, 4.69) is 35.7 Å². The molecule has 2 N–H and O–H groups in total. The second-order valence-corrected chi connectivity index (χ2v) is 6.70. The minimum absolute atomic E-state index is 0. The molecule has 0 aliphatic heterocycles. The quantitative estimate of drug-likeness (QED) is 0.260. The minimum atomic E-state index is -0.0260. The maximum Gasteiger partial charge on any atom is 0.243 e. The maximum absolute atomic E-state index is 11.6. The molecule has 0 aromatic carbocycles. The lowest BCUT2D eigenvalue weighted by atomic mass is 10.2. The molecule has 0 aromatic rings. The van der Waals surface area contributed by atoms with Crippen LogP contribution in [0.1, 0.15) is 13.8 Å². The molecule has 0 aliphatic carbocycles. The number of carbonyl (C=O) groups excluding carboxylic acids is 1. The van der Waals surface area contributed by atoms with E-state index in [-0.39, 0.29) is 41.2 Å². The summed E-state index contributed by atoms with van der Waals surface area (Å²) in [5, 5.41) is 6.40. The Morgan fingerprint density at radius 1 is 1.33 bits per heavy atom. The number of likely N-dealkylation sites (N-methyl/N-ethyl adjacent to an activating group) is 1. The van der Waals surface area contributed by atoms with Gasteiger partial charge in [-0.3, -0.25) is 4.79 Å². The Kier molecular flexibility index (Phi) is 13.5. The first kappa shape index (κ1) is 23.1. The first-order valence-corrected chi connectivity index (χ1v) is 7.81. The predicted molar refractivity (Wildman–Crippen MR) is 102 cm³/mol. The summed E-state index contributed by atoms with van der Waals surface area (Å²) in [5.41, 5.74) is 0. The molecule has 0 saturated carbocycles. The molecular weight excluding hydrogens is 403 g/mol. The number of hydrogen-bond donors (Lipinski definition) is 2. The molecule has 0 aliphatic rings. The van der Waals surface area contributed by atoms with E-state index in [0.29, 0.717) is 19.1 Å². The third-order valence-corrected chi connectivity index (χ3v) is 3.95. The van der Waals surface area contributed by atoms with Crippen molar-refractivity contribution >= 4 is 47.6 Å². The van der Waals surface area contributed by atoms with E-state index in [1.807, 2.05) is 0 Å². The molecule has 1 amide bonds. The molecule has 126 valence electrons. The van der Waals surface area contributed by atoms with E-state index in [9.17, 15) is 4.79 Å². The van der Waals surface area contributed by atoms with Crippen LogP contribution in [0.3, 0.4) is 0 Å². The second-order valence-electron chi connectivity index (χ2n) is 5.19. The van der Waals surface area contributed by atoms with Gasteiger partial charge in [0, 0.05) is 39.0 Å². The molecule has 6 nitrogen and oxygen atoms in total. The predicted octanol–water partition coefficient (Wildman–Crippen LogP) is 1.02. The van der Waals surface area contributed by atoms with Gasteiger partial charge in [0.05, 0.1) is 6.61 Å². The Bertz CT molecular complexity index is 325. The molecule has 0 fully saturated rings. The highest BCUT2D eigenvalue weighted by atomic mass is 127. The van der Waals surface area contributed by atoms with Crippen LogP contribution >= 0.6 is 35.7 Å². The highest BCUT2D eigenvalue weighted by molar-refractivity contribution is 14.0. The van der Waals surface area contributed by atoms with Gasteiger partial charge < -0.3 is 20.3 Å². The van der Waals surface area contributed by atoms with E-state index in [1.165, 1.54) is 4.90 Å². The minimum Gasteiger partial charge on any atom is -0.383 e. The number of guanidine groups is 1. The topological polar surface area (TPSA) is 66.0 Å². The highest BCUT2D eigenvalue weighted by Crippen LogP contribution is 2.19. The van der Waals surface area contributed by atoms with Gasteiger partial charge in [0.15, 0.2) is 5.96 Å². The largest absolute Gasteiger partial charge is 0.383 e. The fourth-order valence-corrected chi connectivity index (χ4v) is 1.32. The van der Waals surface area contributed by atoms with E-state index in [1.54, 1.807) is 33.0 Å². The Morgan fingerprint density at radius 3 is 2.43 bits per heavy atom. The molecule has 0 rings (SSSR count). The van der Waals surface area contributed by atoms with Gasteiger partial charge in [0.25, 0.3) is 0 Å². The highest BCUT2D eigenvalue weighted by Gasteiger charge is 2.16. The zero-order valence-electron chi connectivity index (χ0n) is 13.9. The number of nitrogens with one attached hydrogen (secondary N) is 2. The number of carbonyl (C=O) groups is 1. The molecule has 0 bridgehead atoms. The van der Waals surface area contributed by atoms with Crippen molar-refractivity contribution in [3.8, 4) is 0 Å². The van der Waals surface area contributed by atoms with Gasteiger partial charge in [0.2, 0.25) is 5.91 Å². The van der Waals surface area contributed by atoms with Crippen LogP contribution in [0, 0.1) is 0 Å². The first-order valence-electron chi connectivity index (χ1n) is 6.59. The lowest BCUT2D eigenvalue weighted by Gasteiger charge is -2.24. The summed E-state index contributed by atoms with van der Waals surface area (Å²) in [4.78, 5) is 17.4. The molecule has 0 aromatic heterocycles. The summed E-state index contributed by atoms with van der Waals surface area (Å²) in [6.07, 6.45) is 2.08. The van der Waals surface area contributed by atoms with Gasteiger partial charge in [-0.2, -0.15) is 11.8 Å². The normalized spacial score (nSPS) is 11.6. The number of rotatable bonds is 8. The van der Waals surface area contributed by atoms with Crippen molar-refractivity contribution in [1.82, 2.24) is 15.5 Å². The van der Waals surface area contributed by atoms with Gasteiger partial charge >= 0.3 is 0 Å². The third kappa shape index (κ3) is 12.0. The maximum atomic E-state index is 11.6. The van der Waals surface area contributed by atoms with E-state index >= 15 is 0 Å². The first-order chi connectivity index (χ1) is 9.32. The van der Waals surface area contributed by atoms with Gasteiger partial charge in [-0.05, 0) is 20.1 Å². The number of ether oxygens (including phenoxy) is 1. The zero-order chi connectivity index (χ0) is 15.6. The molecule has 0 saturated heterocycles. The number of halogens is 1. The number of amides is 1.